The van der Waals surface area contributed by atoms with Gasteiger partial charge in [-0.3, -0.25) is 4.79 Å². The summed E-state index contributed by atoms with van der Waals surface area (Å²) in [5.41, 5.74) is 2.54. The molecule has 1 aromatic heterocycles. The summed E-state index contributed by atoms with van der Waals surface area (Å²) in [7, 11) is 0. The van der Waals surface area contributed by atoms with Crippen molar-refractivity contribution in [2.24, 2.45) is 5.92 Å². The standard InChI is InChI=1S/C15H21NO2/c1-2-12-7-14(13-3-4-13)9-16(15(12)17)8-11-5-6-18-10-11/h7,9,11,13H,2-6,8,10H2,1H3. The van der Waals surface area contributed by atoms with Crippen molar-refractivity contribution in [1.82, 2.24) is 4.57 Å². The van der Waals surface area contributed by atoms with Crippen molar-refractivity contribution in [1.29, 1.82) is 0 Å². The van der Waals surface area contributed by atoms with E-state index in [-0.39, 0.29) is 5.56 Å². The van der Waals surface area contributed by atoms with Gasteiger partial charge in [0.1, 0.15) is 0 Å². The van der Waals surface area contributed by atoms with Gasteiger partial charge in [0, 0.05) is 30.8 Å². The minimum Gasteiger partial charge on any atom is -0.381 e. The van der Waals surface area contributed by atoms with E-state index in [0.29, 0.717) is 11.8 Å². The zero-order valence-electron chi connectivity index (χ0n) is 11.0. The second-order valence-electron chi connectivity index (χ2n) is 5.61. The number of aromatic nitrogens is 1. The summed E-state index contributed by atoms with van der Waals surface area (Å²) in [6.07, 6.45) is 6.58. The van der Waals surface area contributed by atoms with E-state index in [1.807, 2.05) is 4.57 Å². The fourth-order valence-electron chi connectivity index (χ4n) is 2.76. The molecule has 98 valence electrons. The molecular formula is C15H21NO2. The van der Waals surface area contributed by atoms with Crippen molar-refractivity contribution in [2.75, 3.05) is 13.2 Å². The van der Waals surface area contributed by atoms with Crippen LogP contribution in [0.25, 0.3) is 0 Å². The number of hydrogen-bond donors (Lipinski definition) is 0. The SMILES string of the molecule is CCc1cc(C2CC2)cn(CC2CCOC2)c1=O. The predicted octanol–water partition coefficient (Wildman–Crippen LogP) is 2.32. The van der Waals surface area contributed by atoms with Crippen LogP contribution in [0.1, 0.15) is 43.2 Å². The first-order valence-corrected chi connectivity index (χ1v) is 7.09. The Morgan fingerprint density at radius 2 is 2.22 bits per heavy atom. The first-order chi connectivity index (χ1) is 8.78. The first-order valence-electron chi connectivity index (χ1n) is 7.09. The maximum absolute atomic E-state index is 12.3. The Kier molecular flexibility index (Phi) is 3.25. The van der Waals surface area contributed by atoms with Crippen LogP contribution in [-0.2, 0) is 17.7 Å². The summed E-state index contributed by atoms with van der Waals surface area (Å²) in [6, 6.07) is 2.13. The van der Waals surface area contributed by atoms with Gasteiger partial charge >= 0.3 is 0 Å². The molecular weight excluding hydrogens is 226 g/mol. The number of hydrogen-bond acceptors (Lipinski definition) is 2. The average molecular weight is 247 g/mol. The van der Waals surface area contributed by atoms with Crippen LogP contribution in [-0.4, -0.2) is 17.8 Å². The highest BCUT2D eigenvalue weighted by Crippen LogP contribution is 2.39. The lowest BCUT2D eigenvalue weighted by atomic mass is 10.1. The van der Waals surface area contributed by atoms with Crippen molar-refractivity contribution < 1.29 is 4.74 Å². The van der Waals surface area contributed by atoms with Gasteiger partial charge in [-0.05, 0) is 43.2 Å². The Hall–Kier alpha value is -1.09. The van der Waals surface area contributed by atoms with Crippen LogP contribution >= 0.6 is 0 Å². The fraction of sp³-hybridized carbons (Fsp3) is 0.667. The fourth-order valence-corrected chi connectivity index (χ4v) is 2.76. The molecule has 1 aliphatic heterocycles. The van der Waals surface area contributed by atoms with Crippen molar-refractivity contribution in [3.63, 3.8) is 0 Å². The Labute approximate surface area is 108 Å². The van der Waals surface area contributed by atoms with Gasteiger partial charge in [0.05, 0.1) is 6.61 Å². The topological polar surface area (TPSA) is 31.2 Å². The van der Waals surface area contributed by atoms with Gasteiger partial charge < -0.3 is 9.30 Å². The Morgan fingerprint density at radius 3 is 2.83 bits per heavy atom. The van der Waals surface area contributed by atoms with Gasteiger partial charge in [0.2, 0.25) is 0 Å². The van der Waals surface area contributed by atoms with Crippen LogP contribution < -0.4 is 5.56 Å². The second-order valence-corrected chi connectivity index (χ2v) is 5.61. The lowest BCUT2D eigenvalue weighted by Gasteiger charge is -2.14. The molecule has 0 aromatic carbocycles. The summed E-state index contributed by atoms with van der Waals surface area (Å²) in [5.74, 6) is 1.23. The van der Waals surface area contributed by atoms with Crippen molar-refractivity contribution in [2.45, 2.75) is 45.1 Å². The minimum absolute atomic E-state index is 0.203. The summed E-state index contributed by atoms with van der Waals surface area (Å²) in [6.45, 7) is 4.55. The predicted molar refractivity (Wildman–Crippen MR) is 71.0 cm³/mol. The highest BCUT2D eigenvalue weighted by atomic mass is 16.5. The molecule has 0 amide bonds. The lowest BCUT2D eigenvalue weighted by Crippen LogP contribution is -2.27. The molecule has 3 rings (SSSR count). The Bertz CT molecular complexity index is 482. The maximum Gasteiger partial charge on any atom is 0.253 e. The smallest absolute Gasteiger partial charge is 0.253 e. The molecule has 1 aliphatic carbocycles. The Morgan fingerprint density at radius 1 is 1.39 bits per heavy atom. The molecule has 1 atom stereocenters. The lowest BCUT2D eigenvalue weighted by molar-refractivity contribution is 0.182. The second kappa shape index (κ2) is 4.88. The van der Waals surface area contributed by atoms with Gasteiger partial charge in [0.25, 0.3) is 5.56 Å². The molecule has 0 spiro atoms. The Balaban J connectivity index is 1.90. The van der Waals surface area contributed by atoms with Gasteiger partial charge in [0.15, 0.2) is 0 Å². The number of aryl methyl sites for hydroxylation is 1. The largest absolute Gasteiger partial charge is 0.381 e. The summed E-state index contributed by atoms with van der Waals surface area (Å²) < 4.78 is 7.34. The normalized spacial score (nSPS) is 23.5. The van der Waals surface area contributed by atoms with Gasteiger partial charge in [-0.25, -0.2) is 0 Å². The number of ether oxygens (including phenoxy) is 1. The third-order valence-electron chi connectivity index (χ3n) is 4.09. The van der Waals surface area contributed by atoms with Crippen molar-refractivity contribution >= 4 is 0 Å². The summed E-state index contributed by atoms with van der Waals surface area (Å²) >= 11 is 0. The third kappa shape index (κ3) is 2.37. The highest BCUT2D eigenvalue weighted by Gasteiger charge is 2.25. The van der Waals surface area contributed by atoms with E-state index in [1.165, 1.54) is 18.4 Å². The zero-order valence-corrected chi connectivity index (χ0v) is 11.0. The molecule has 0 radical (unpaired) electrons. The van der Waals surface area contributed by atoms with E-state index in [0.717, 1.165) is 38.2 Å². The molecule has 2 heterocycles. The van der Waals surface area contributed by atoms with E-state index < -0.39 is 0 Å². The van der Waals surface area contributed by atoms with Gasteiger partial charge in [-0.1, -0.05) is 6.92 Å². The minimum atomic E-state index is 0.203. The number of rotatable bonds is 4. The van der Waals surface area contributed by atoms with Gasteiger partial charge in [-0.15, -0.1) is 0 Å². The quantitative estimate of drug-likeness (QED) is 0.817. The molecule has 2 fully saturated rings. The number of pyridine rings is 1. The van der Waals surface area contributed by atoms with E-state index >= 15 is 0 Å². The van der Waals surface area contributed by atoms with E-state index in [1.54, 1.807) is 0 Å². The molecule has 0 N–H and O–H groups in total. The summed E-state index contributed by atoms with van der Waals surface area (Å²) in [4.78, 5) is 12.3. The molecule has 18 heavy (non-hydrogen) atoms. The average Bonchev–Trinajstić information content (AvgIpc) is 3.11. The van der Waals surface area contributed by atoms with Crippen LogP contribution in [0.3, 0.4) is 0 Å². The number of nitrogens with zero attached hydrogens (tertiary/aromatic N) is 1. The first kappa shape index (κ1) is 12.0. The molecule has 2 aliphatic rings. The van der Waals surface area contributed by atoms with Crippen LogP contribution in [0.4, 0.5) is 0 Å². The van der Waals surface area contributed by atoms with Crippen LogP contribution in [0.5, 0.6) is 0 Å². The van der Waals surface area contributed by atoms with Crippen LogP contribution in [0, 0.1) is 5.92 Å². The molecule has 3 heteroatoms. The van der Waals surface area contributed by atoms with E-state index in [2.05, 4.69) is 19.2 Å². The van der Waals surface area contributed by atoms with Crippen LogP contribution in [0.15, 0.2) is 17.1 Å². The highest BCUT2D eigenvalue weighted by molar-refractivity contribution is 5.26. The van der Waals surface area contributed by atoms with E-state index in [4.69, 9.17) is 4.74 Å². The molecule has 1 saturated heterocycles. The molecule has 3 nitrogen and oxygen atoms in total. The zero-order chi connectivity index (χ0) is 12.5. The maximum atomic E-state index is 12.3. The molecule has 1 aromatic rings. The summed E-state index contributed by atoms with van der Waals surface area (Å²) in [5, 5.41) is 0. The van der Waals surface area contributed by atoms with Crippen molar-refractivity contribution in [3.8, 4) is 0 Å². The molecule has 0 bridgehead atoms. The monoisotopic (exact) mass is 247 g/mol. The molecule has 1 saturated carbocycles. The van der Waals surface area contributed by atoms with Crippen LogP contribution in [0.2, 0.25) is 0 Å². The van der Waals surface area contributed by atoms with Crippen molar-refractivity contribution in [3.05, 3.63) is 33.7 Å². The van der Waals surface area contributed by atoms with E-state index in [9.17, 15) is 4.79 Å². The third-order valence-corrected chi connectivity index (χ3v) is 4.09. The van der Waals surface area contributed by atoms with Gasteiger partial charge in [-0.2, -0.15) is 0 Å². The molecule has 1 unspecified atom stereocenters.